The molecule has 0 aromatic heterocycles. The second-order valence-electron chi connectivity index (χ2n) is 3.70. The zero-order chi connectivity index (χ0) is 14.1. The van der Waals surface area contributed by atoms with E-state index in [1.807, 2.05) is 0 Å². The maximum Gasteiger partial charge on any atom is 0.251 e. The Morgan fingerprint density at radius 2 is 2.00 bits per heavy atom. The van der Waals surface area contributed by atoms with Crippen molar-refractivity contribution in [3.63, 3.8) is 0 Å². The van der Waals surface area contributed by atoms with Gasteiger partial charge in [0, 0.05) is 23.7 Å². The van der Waals surface area contributed by atoms with Crippen LogP contribution in [0.5, 0.6) is 0 Å². The molecule has 0 atom stereocenters. The van der Waals surface area contributed by atoms with Gasteiger partial charge in [-0.15, -0.1) is 30.6 Å². The number of carbonyl (C=O) groups excluding carboxylic acids is 1. The monoisotopic (exact) mass is 408 g/mol. The number of hydrogen-bond acceptors (Lipinski definition) is 2. The van der Waals surface area contributed by atoms with Crippen LogP contribution in [0, 0.1) is 0 Å². The van der Waals surface area contributed by atoms with Crippen molar-refractivity contribution in [2.75, 3.05) is 19.6 Å². The summed E-state index contributed by atoms with van der Waals surface area (Å²) in [6, 6.07) is 6.68. The third-order valence-corrected chi connectivity index (χ3v) is 2.47. The van der Waals surface area contributed by atoms with E-state index in [-0.39, 0.29) is 29.9 Å². The molecule has 7 heteroatoms. The van der Waals surface area contributed by atoms with E-state index in [4.69, 9.17) is 17.3 Å². The molecular weight excluding hydrogens is 391 g/mol. The predicted octanol–water partition coefficient (Wildman–Crippen LogP) is 1.78. The van der Waals surface area contributed by atoms with Gasteiger partial charge in [0.1, 0.15) is 0 Å². The van der Waals surface area contributed by atoms with Crippen molar-refractivity contribution < 1.29 is 4.79 Å². The van der Waals surface area contributed by atoms with Gasteiger partial charge in [-0.25, -0.2) is 0 Å². The third kappa shape index (κ3) is 7.34. The highest BCUT2D eigenvalue weighted by Crippen LogP contribution is 2.08. The van der Waals surface area contributed by atoms with E-state index in [1.165, 1.54) is 0 Å². The summed E-state index contributed by atoms with van der Waals surface area (Å²) in [5.74, 6) is 0.171. The molecular formula is C13H18ClIN4O. The first-order valence-electron chi connectivity index (χ1n) is 5.82. The highest BCUT2D eigenvalue weighted by molar-refractivity contribution is 14.0. The fourth-order valence-corrected chi connectivity index (χ4v) is 1.41. The highest BCUT2D eigenvalue weighted by atomic mass is 127. The Balaban J connectivity index is 0.00000361. The summed E-state index contributed by atoms with van der Waals surface area (Å²) >= 11 is 5.74. The molecule has 0 spiro atoms. The van der Waals surface area contributed by atoms with Gasteiger partial charge in [0.2, 0.25) is 0 Å². The van der Waals surface area contributed by atoms with Gasteiger partial charge >= 0.3 is 0 Å². The Morgan fingerprint density at radius 1 is 1.35 bits per heavy atom. The first-order chi connectivity index (χ1) is 9.13. The van der Waals surface area contributed by atoms with Crippen LogP contribution >= 0.6 is 35.6 Å². The number of benzene rings is 1. The van der Waals surface area contributed by atoms with Gasteiger partial charge in [0.25, 0.3) is 5.91 Å². The lowest BCUT2D eigenvalue weighted by atomic mass is 10.2. The van der Waals surface area contributed by atoms with Crippen LogP contribution < -0.4 is 16.4 Å². The number of hydrogen-bond donors (Lipinski definition) is 3. The Morgan fingerprint density at radius 3 is 2.60 bits per heavy atom. The number of rotatable bonds is 6. The van der Waals surface area contributed by atoms with Crippen molar-refractivity contribution >= 4 is 47.4 Å². The Labute approximate surface area is 140 Å². The predicted molar refractivity (Wildman–Crippen MR) is 93.9 cm³/mol. The van der Waals surface area contributed by atoms with E-state index < -0.39 is 0 Å². The van der Waals surface area contributed by atoms with E-state index in [9.17, 15) is 4.79 Å². The normalized spacial score (nSPS) is 10.3. The third-order valence-electron chi connectivity index (χ3n) is 2.21. The van der Waals surface area contributed by atoms with E-state index in [0.29, 0.717) is 36.2 Å². The van der Waals surface area contributed by atoms with E-state index in [1.54, 1.807) is 30.3 Å². The molecule has 0 fully saturated rings. The van der Waals surface area contributed by atoms with Crippen LogP contribution in [0.25, 0.3) is 0 Å². The summed E-state index contributed by atoms with van der Waals surface area (Å²) in [7, 11) is 0. The van der Waals surface area contributed by atoms with Crippen LogP contribution in [0.1, 0.15) is 10.4 Å². The Hall–Kier alpha value is -1.28. The van der Waals surface area contributed by atoms with Crippen molar-refractivity contribution in [2.45, 2.75) is 0 Å². The van der Waals surface area contributed by atoms with Gasteiger partial charge in [0.15, 0.2) is 5.96 Å². The quantitative estimate of drug-likeness (QED) is 0.221. The van der Waals surface area contributed by atoms with E-state index in [2.05, 4.69) is 22.2 Å². The zero-order valence-corrected chi connectivity index (χ0v) is 14.0. The van der Waals surface area contributed by atoms with Crippen molar-refractivity contribution in [1.29, 1.82) is 0 Å². The maximum atomic E-state index is 11.7. The Kier molecular flexibility index (Phi) is 9.83. The maximum absolute atomic E-state index is 11.7. The van der Waals surface area contributed by atoms with Gasteiger partial charge in [0.05, 0.1) is 6.54 Å². The molecule has 4 N–H and O–H groups in total. The SMILES string of the molecule is C=CCNC(N)=NCCNC(=O)c1ccc(Cl)cc1.I. The Bertz CT molecular complexity index is 462. The van der Waals surface area contributed by atoms with Gasteiger partial charge in [-0.1, -0.05) is 17.7 Å². The van der Waals surface area contributed by atoms with Crippen LogP contribution in [-0.2, 0) is 0 Å². The standard InChI is InChI=1S/C13H17ClN4O.HI/c1-2-7-17-13(15)18-9-8-16-12(19)10-3-5-11(14)6-4-10;/h2-6H,1,7-9H2,(H,16,19)(H3,15,17,18);1H. The summed E-state index contributed by atoms with van der Waals surface area (Å²) in [5, 5.41) is 6.18. The average Bonchev–Trinajstić information content (AvgIpc) is 2.41. The highest BCUT2D eigenvalue weighted by Gasteiger charge is 2.03. The zero-order valence-electron chi connectivity index (χ0n) is 10.9. The van der Waals surface area contributed by atoms with Gasteiger partial charge in [-0.05, 0) is 24.3 Å². The van der Waals surface area contributed by atoms with Crippen LogP contribution in [0.15, 0.2) is 41.9 Å². The van der Waals surface area contributed by atoms with Gasteiger partial charge in [-0.2, -0.15) is 0 Å². The molecule has 20 heavy (non-hydrogen) atoms. The molecule has 1 amide bonds. The molecule has 0 aliphatic rings. The molecule has 0 aliphatic heterocycles. The molecule has 0 saturated carbocycles. The molecule has 0 unspecified atom stereocenters. The molecule has 0 saturated heterocycles. The number of carbonyl (C=O) groups is 1. The first-order valence-corrected chi connectivity index (χ1v) is 6.19. The second-order valence-corrected chi connectivity index (χ2v) is 4.14. The number of halogens is 2. The average molecular weight is 409 g/mol. The number of amides is 1. The summed E-state index contributed by atoms with van der Waals surface area (Å²) in [5.41, 5.74) is 6.13. The minimum Gasteiger partial charge on any atom is -0.370 e. The number of nitrogens with zero attached hydrogens (tertiary/aromatic N) is 1. The molecule has 110 valence electrons. The largest absolute Gasteiger partial charge is 0.370 e. The number of nitrogens with two attached hydrogens (primary N) is 1. The smallest absolute Gasteiger partial charge is 0.251 e. The summed E-state index contributed by atoms with van der Waals surface area (Å²) in [6.45, 7) is 4.94. The molecule has 5 nitrogen and oxygen atoms in total. The van der Waals surface area contributed by atoms with Crippen LogP contribution in [-0.4, -0.2) is 31.5 Å². The van der Waals surface area contributed by atoms with Gasteiger partial charge in [-0.3, -0.25) is 9.79 Å². The lowest BCUT2D eigenvalue weighted by Crippen LogP contribution is -2.33. The fraction of sp³-hybridized carbons (Fsp3) is 0.231. The molecule has 1 aromatic carbocycles. The fourth-order valence-electron chi connectivity index (χ4n) is 1.28. The molecule has 1 rings (SSSR count). The van der Waals surface area contributed by atoms with Crippen LogP contribution in [0.2, 0.25) is 5.02 Å². The minimum absolute atomic E-state index is 0. The lowest BCUT2D eigenvalue weighted by molar-refractivity contribution is 0.0955. The topological polar surface area (TPSA) is 79.5 Å². The van der Waals surface area contributed by atoms with Crippen molar-refractivity contribution in [3.8, 4) is 0 Å². The molecule has 1 aromatic rings. The summed E-state index contributed by atoms with van der Waals surface area (Å²) in [4.78, 5) is 15.8. The van der Waals surface area contributed by atoms with Crippen LogP contribution in [0.4, 0.5) is 0 Å². The van der Waals surface area contributed by atoms with Crippen LogP contribution in [0.3, 0.4) is 0 Å². The minimum atomic E-state index is -0.163. The first kappa shape index (κ1) is 18.7. The molecule has 0 aliphatic carbocycles. The number of nitrogens with one attached hydrogen (secondary N) is 2. The second kappa shape index (κ2) is 10.5. The van der Waals surface area contributed by atoms with E-state index >= 15 is 0 Å². The number of aliphatic imine (C=N–C) groups is 1. The van der Waals surface area contributed by atoms with Crippen molar-refractivity contribution in [2.24, 2.45) is 10.7 Å². The lowest BCUT2D eigenvalue weighted by Gasteiger charge is -2.05. The van der Waals surface area contributed by atoms with Crippen molar-refractivity contribution in [3.05, 3.63) is 47.5 Å². The van der Waals surface area contributed by atoms with Gasteiger partial charge < -0.3 is 16.4 Å². The molecule has 0 radical (unpaired) electrons. The number of guanidine groups is 1. The summed E-state index contributed by atoms with van der Waals surface area (Å²) in [6.07, 6.45) is 1.69. The molecule has 0 bridgehead atoms. The van der Waals surface area contributed by atoms with Crippen molar-refractivity contribution in [1.82, 2.24) is 10.6 Å². The van der Waals surface area contributed by atoms with E-state index in [0.717, 1.165) is 0 Å². The summed E-state index contributed by atoms with van der Waals surface area (Å²) < 4.78 is 0. The molecule has 0 heterocycles.